The summed E-state index contributed by atoms with van der Waals surface area (Å²) in [5, 5.41) is 11.8. The van der Waals surface area contributed by atoms with Crippen molar-refractivity contribution >= 4 is 5.91 Å². The van der Waals surface area contributed by atoms with E-state index in [4.69, 9.17) is 5.26 Å². The summed E-state index contributed by atoms with van der Waals surface area (Å²) in [5.74, 6) is -0.261. The summed E-state index contributed by atoms with van der Waals surface area (Å²) in [5.41, 5.74) is 2.35. The molecule has 0 radical (unpaired) electrons. The van der Waals surface area contributed by atoms with Crippen molar-refractivity contribution < 1.29 is 4.79 Å². The molecule has 0 spiro atoms. The van der Waals surface area contributed by atoms with Crippen molar-refractivity contribution in [2.75, 3.05) is 0 Å². The van der Waals surface area contributed by atoms with Gasteiger partial charge in [0.25, 0.3) is 5.91 Å². The highest BCUT2D eigenvalue weighted by atomic mass is 16.1. The van der Waals surface area contributed by atoms with Crippen molar-refractivity contribution in [3.05, 3.63) is 65.5 Å². The Morgan fingerprint density at radius 2 is 1.84 bits per heavy atom. The van der Waals surface area contributed by atoms with Crippen LogP contribution in [0.3, 0.4) is 0 Å². The van der Waals surface area contributed by atoms with Crippen molar-refractivity contribution in [1.82, 2.24) is 10.3 Å². The van der Waals surface area contributed by atoms with Crippen LogP contribution in [0.2, 0.25) is 0 Å². The zero-order chi connectivity index (χ0) is 13.7. The minimum Gasteiger partial charge on any atom is -0.332 e. The highest BCUT2D eigenvalue weighted by Gasteiger charge is 2.14. The van der Waals surface area contributed by atoms with E-state index in [0.717, 1.165) is 11.1 Å². The number of nitrogens with zero attached hydrogens (tertiary/aromatic N) is 2. The average Bonchev–Trinajstić information content (AvgIpc) is 2.46. The fraction of sp³-hybridized carbons (Fsp3) is 0.133. The second-order valence-electron chi connectivity index (χ2n) is 4.18. The zero-order valence-corrected chi connectivity index (χ0v) is 10.5. The Hall–Kier alpha value is -2.67. The van der Waals surface area contributed by atoms with Crippen LogP contribution in [0.4, 0.5) is 0 Å². The molecule has 4 heteroatoms. The van der Waals surface area contributed by atoms with Gasteiger partial charge in [0.15, 0.2) is 0 Å². The van der Waals surface area contributed by atoms with Gasteiger partial charge in [0.1, 0.15) is 6.04 Å². The maximum atomic E-state index is 12.0. The number of rotatable bonds is 3. The van der Waals surface area contributed by atoms with Gasteiger partial charge in [-0.2, -0.15) is 5.26 Å². The predicted octanol–water partition coefficient (Wildman–Crippen LogP) is 2.38. The molecule has 0 aliphatic heterocycles. The van der Waals surface area contributed by atoms with E-state index in [1.807, 2.05) is 19.1 Å². The number of aryl methyl sites for hydroxylation is 1. The summed E-state index contributed by atoms with van der Waals surface area (Å²) in [6, 6.07) is 12.0. The SMILES string of the molecule is Cc1ccc(C(=O)NC(C#N)c2ccncc2)cc1. The summed E-state index contributed by atoms with van der Waals surface area (Å²) in [4.78, 5) is 15.9. The molecule has 0 aliphatic rings. The van der Waals surface area contributed by atoms with Gasteiger partial charge < -0.3 is 5.32 Å². The van der Waals surface area contributed by atoms with Crippen LogP contribution >= 0.6 is 0 Å². The van der Waals surface area contributed by atoms with E-state index < -0.39 is 6.04 Å². The van der Waals surface area contributed by atoms with Gasteiger partial charge in [-0.3, -0.25) is 9.78 Å². The van der Waals surface area contributed by atoms with Crippen LogP contribution < -0.4 is 5.32 Å². The van der Waals surface area contributed by atoms with E-state index >= 15 is 0 Å². The van der Waals surface area contributed by atoms with Crippen LogP contribution in [0.15, 0.2) is 48.8 Å². The molecule has 19 heavy (non-hydrogen) atoms. The topological polar surface area (TPSA) is 65.8 Å². The summed E-state index contributed by atoms with van der Waals surface area (Å²) in [7, 11) is 0. The minimum atomic E-state index is -0.670. The van der Waals surface area contributed by atoms with Crippen LogP contribution in [0.5, 0.6) is 0 Å². The standard InChI is InChI=1S/C15H13N3O/c1-11-2-4-13(5-3-11)15(19)18-14(10-16)12-6-8-17-9-7-12/h2-9,14H,1H3,(H,18,19). The second kappa shape index (κ2) is 5.78. The van der Waals surface area contributed by atoms with Crippen molar-refractivity contribution in [2.45, 2.75) is 13.0 Å². The summed E-state index contributed by atoms with van der Waals surface area (Å²) in [6.45, 7) is 1.96. The molecule has 1 atom stereocenters. The second-order valence-corrected chi connectivity index (χ2v) is 4.18. The Balaban J connectivity index is 2.13. The van der Waals surface area contributed by atoms with Crippen molar-refractivity contribution in [2.24, 2.45) is 0 Å². The van der Waals surface area contributed by atoms with E-state index in [-0.39, 0.29) is 5.91 Å². The largest absolute Gasteiger partial charge is 0.332 e. The third-order valence-corrected chi connectivity index (χ3v) is 2.76. The fourth-order valence-corrected chi connectivity index (χ4v) is 1.67. The van der Waals surface area contributed by atoms with Crippen LogP contribution in [-0.2, 0) is 0 Å². The Morgan fingerprint density at radius 1 is 1.21 bits per heavy atom. The van der Waals surface area contributed by atoms with Crippen LogP contribution in [0, 0.1) is 18.3 Å². The molecule has 1 heterocycles. The summed E-state index contributed by atoms with van der Waals surface area (Å²) >= 11 is 0. The van der Waals surface area contributed by atoms with Gasteiger partial charge in [0.05, 0.1) is 6.07 Å². The fourth-order valence-electron chi connectivity index (χ4n) is 1.67. The molecule has 94 valence electrons. The van der Waals surface area contributed by atoms with E-state index in [1.165, 1.54) is 0 Å². The van der Waals surface area contributed by atoms with Gasteiger partial charge in [-0.1, -0.05) is 17.7 Å². The number of nitriles is 1. The van der Waals surface area contributed by atoms with Crippen molar-refractivity contribution in [3.63, 3.8) is 0 Å². The van der Waals surface area contributed by atoms with E-state index in [2.05, 4.69) is 16.4 Å². The molecule has 0 bridgehead atoms. The van der Waals surface area contributed by atoms with Gasteiger partial charge in [0, 0.05) is 18.0 Å². The normalized spacial score (nSPS) is 11.4. The van der Waals surface area contributed by atoms with Gasteiger partial charge in [-0.15, -0.1) is 0 Å². The first-order chi connectivity index (χ1) is 9.20. The average molecular weight is 251 g/mol. The first kappa shape index (κ1) is 12.8. The monoisotopic (exact) mass is 251 g/mol. The van der Waals surface area contributed by atoms with Crippen molar-refractivity contribution in [1.29, 1.82) is 5.26 Å². The number of aromatic nitrogens is 1. The molecular formula is C15H13N3O. The molecule has 1 unspecified atom stereocenters. The molecule has 1 aromatic heterocycles. The maximum Gasteiger partial charge on any atom is 0.252 e. The lowest BCUT2D eigenvalue weighted by Crippen LogP contribution is -2.27. The molecule has 4 nitrogen and oxygen atoms in total. The zero-order valence-electron chi connectivity index (χ0n) is 10.5. The molecule has 2 rings (SSSR count). The molecule has 1 N–H and O–H groups in total. The molecule has 0 aliphatic carbocycles. The molecule has 0 saturated heterocycles. The van der Waals surface area contributed by atoms with Crippen LogP contribution in [0.25, 0.3) is 0 Å². The lowest BCUT2D eigenvalue weighted by molar-refractivity contribution is 0.0945. The van der Waals surface area contributed by atoms with Gasteiger partial charge in [-0.05, 0) is 36.8 Å². The maximum absolute atomic E-state index is 12.0. The number of nitrogens with one attached hydrogen (secondary N) is 1. The van der Waals surface area contributed by atoms with E-state index in [1.54, 1.807) is 36.7 Å². The van der Waals surface area contributed by atoms with Gasteiger partial charge in [-0.25, -0.2) is 0 Å². The van der Waals surface area contributed by atoms with Gasteiger partial charge in [0.2, 0.25) is 0 Å². The number of hydrogen-bond acceptors (Lipinski definition) is 3. The Labute approximate surface area is 111 Å². The smallest absolute Gasteiger partial charge is 0.252 e. The number of carbonyl (C=O) groups excluding carboxylic acids is 1. The molecule has 1 aromatic carbocycles. The summed E-state index contributed by atoms with van der Waals surface area (Å²) < 4.78 is 0. The molecule has 0 saturated carbocycles. The molecular weight excluding hydrogens is 238 g/mol. The number of amides is 1. The van der Waals surface area contributed by atoms with E-state index in [0.29, 0.717) is 5.56 Å². The lowest BCUT2D eigenvalue weighted by atomic mass is 10.1. The third-order valence-electron chi connectivity index (χ3n) is 2.76. The number of carbonyl (C=O) groups is 1. The lowest BCUT2D eigenvalue weighted by Gasteiger charge is -2.11. The number of hydrogen-bond donors (Lipinski definition) is 1. The highest BCUT2D eigenvalue weighted by molar-refractivity contribution is 5.94. The Kier molecular flexibility index (Phi) is 3.89. The Bertz CT molecular complexity index is 600. The van der Waals surface area contributed by atoms with E-state index in [9.17, 15) is 4.79 Å². The molecule has 2 aromatic rings. The van der Waals surface area contributed by atoms with Crippen molar-refractivity contribution in [3.8, 4) is 6.07 Å². The summed E-state index contributed by atoms with van der Waals surface area (Å²) in [6.07, 6.45) is 3.19. The molecule has 0 fully saturated rings. The minimum absolute atomic E-state index is 0.261. The Morgan fingerprint density at radius 3 is 2.42 bits per heavy atom. The number of pyridine rings is 1. The number of benzene rings is 1. The quantitative estimate of drug-likeness (QED) is 0.910. The van der Waals surface area contributed by atoms with Crippen LogP contribution in [-0.4, -0.2) is 10.9 Å². The van der Waals surface area contributed by atoms with Crippen LogP contribution in [0.1, 0.15) is 27.5 Å². The predicted molar refractivity (Wildman–Crippen MR) is 71.2 cm³/mol. The molecule has 1 amide bonds. The van der Waals surface area contributed by atoms with Gasteiger partial charge >= 0.3 is 0 Å². The first-order valence-corrected chi connectivity index (χ1v) is 5.88. The first-order valence-electron chi connectivity index (χ1n) is 5.88. The highest BCUT2D eigenvalue weighted by Crippen LogP contribution is 2.12. The third kappa shape index (κ3) is 3.17.